The molecule has 1 N–H and O–H groups in total. The molecule has 1 fully saturated rings. The van der Waals surface area contributed by atoms with Crippen molar-refractivity contribution in [2.24, 2.45) is 0 Å². The Balaban J connectivity index is 1.94. The van der Waals surface area contributed by atoms with E-state index in [1.54, 1.807) is 6.20 Å². The maximum Gasteiger partial charge on any atom is 0.256 e. The first-order chi connectivity index (χ1) is 9.63. The van der Waals surface area contributed by atoms with Gasteiger partial charge in [0.25, 0.3) is 5.91 Å². The lowest BCUT2D eigenvalue weighted by atomic mass is 10.1. The Morgan fingerprint density at radius 1 is 1.35 bits per heavy atom. The maximum atomic E-state index is 12.6. The van der Waals surface area contributed by atoms with Crippen molar-refractivity contribution < 1.29 is 4.79 Å². The van der Waals surface area contributed by atoms with Gasteiger partial charge in [0.1, 0.15) is 5.56 Å². The van der Waals surface area contributed by atoms with E-state index in [2.05, 4.69) is 27.3 Å². The van der Waals surface area contributed by atoms with E-state index >= 15 is 0 Å². The number of hydrogen-bond acceptors (Lipinski definition) is 2. The highest BCUT2D eigenvalue weighted by molar-refractivity contribution is 9.10. The number of halogens is 1. The number of carbonyl (C=O) groups excluding carboxylic acids is 1. The lowest BCUT2D eigenvalue weighted by Crippen LogP contribution is -2.31. The number of benzene rings is 1. The van der Waals surface area contributed by atoms with Crippen LogP contribution >= 0.6 is 15.9 Å². The summed E-state index contributed by atoms with van der Waals surface area (Å²) in [5, 5.41) is 3.53. The Labute approximate surface area is 123 Å². The molecule has 2 aromatic rings. The molecule has 2 aliphatic rings. The fraction of sp³-hybridized carbons (Fsp3) is 0.333. The Morgan fingerprint density at radius 2 is 2.15 bits per heavy atom. The summed E-state index contributed by atoms with van der Waals surface area (Å²) in [5.74, 6) is -0.239. The van der Waals surface area contributed by atoms with Gasteiger partial charge in [-0.05, 0) is 37.0 Å². The van der Waals surface area contributed by atoms with E-state index in [-0.39, 0.29) is 22.9 Å². The summed E-state index contributed by atoms with van der Waals surface area (Å²) in [5.41, 5.74) is 2.23. The average molecular weight is 333 g/mol. The van der Waals surface area contributed by atoms with Gasteiger partial charge in [0.2, 0.25) is 5.43 Å². The van der Waals surface area contributed by atoms with Gasteiger partial charge in [0.05, 0.1) is 5.52 Å². The number of rotatable bonds is 2. The predicted octanol–water partition coefficient (Wildman–Crippen LogP) is 2.21. The van der Waals surface area contributed by atoms with Crippen LogP contribution in [0.5, 0.6) is 0 Å². The van der Waals surface area contributed by atoms with Crippen LogP contribution in [0, 0.1) is 0 Å². The first kappa shape index (κ1) is 12.1. The van der Waals surface area contributed by atoms with Gasteiger partial charge in [-0.3, -0.25) is 9.59 Å². The number of nitrogens with zero attached hydrogens (tertiary/aromatic N) is 1. The predicted molar refractivity (Wildman–Crippen MR) is 80.1 cm³/mol. The minimum absolute atomic E-state index is 0.168. The van der Waals surface area contributed by atoms with Gasteiger partial charge in [0.15, 0.2) is 0 Å². The van der Waals surface area contributed by atoms with E-state index in [4.69, 9.17) is 0 Å². The second-order valence-corrected chi connectivity index (χ2v) is 6.44. The van der Waals surface area contributed by atoms with Crippen molar-refractivity contribution >= 4 is 32.7 Å². The lowest BCUT2D eigenvalue weighted by Gasteiger charge is -2.09. The summed E-state index contributed by atoms with van der Waals surface area (Å²) in [4.78, 5) is 24.8. The van der Waals surface area contributed by atoms with E-state index in [0.717, 1.165) is 35.8 Å². The highest BCUT2D eigenvalue weighted by Gasteiger charge is 2.26. The van der Waals surface area contributed by atoms with E-state index in [1.807, 2.05) is 10.6 Å². The Hall–Kier alpha value is -1.62. The molecule has 0 saturated heterocycles. The minimum Gasteiger partial charge on any atom is -0.349 e. The molecular weight excluding hydrogens is 320 g/mol. The van der Waals surface area contributed by atoms with Gasteiger partial charge in [0, 0.05) is 28.6 Å². The minimum atomic E-state index is -0.239. The van der Waals surface area contributed by atoms with Gasteiger partial charge in [-0.25, -0.2) is 0 Å². The molecule has 0 spiro atoms. The molecule has 1 saturated carbocycles. The van der Waals surface area contributed by atoms with Crippen molar-refractivity contribution in [3.63, 3.8) is 0 Å². The normalized spacial score (nSPS) is 16.6. The SMILES string of the molecule is O=C(NC1CC1)c1cn2c3c(cc(Br)cc3c1=O)CC2. The van der Waals surface area contributed by atoms with E-state index in [0.29, 0.717) is 5.39 Å². The summed E-state index contributed by atoms with van der Waals surface area (Å²) < 4.78 is 2.92. The molecule has 1 aromatic heterocycles. The van der Waals surface area contributed by atoms with Crippen molar-refractivity contribution in [1.29, 1.82) is 0 Å². The standard InChI is InChI=1S/C15H13BrN2O2/c16-9-5-8-3-4-18-7-12(15(20)17-10-1-2-10)14(19)11(6-9)13(8)18/h5-7,10H,1-4H2,(H,17,20). The zero-order chi connectivity index (χ0) is 13.9. The van der Waals surface area contributed by atoms with Crippen LogP contribution in [0.2, 0.25) is 0 Å². The van der Waals surface area contributed by atoms with Crippen molar-refractivity contribution in [3.05, 3.63) is 44.2 Å². The van der Waals surface area contributed by atoms with Crippen LogP contribution in [0.15, 0.2) is 27.6 Å². The second-order valence-electron chi connectivity index (χ2n) is 5.52. The third-order valence-electron chi connectivity index (χ3n) is 3.99. The van der Waals surface area contributed by atoms with Crippen LogP contribution in [0.1, 0.15) is 28.8 Å². The second kappa shape index (κ2) is 4.19. The molecule has 2 heterocycles. The molecular formula is C15H13BrN2O2. The highest BCUT2D eigenvalue weighted by Crippen LogP contribution is 2.28. The number of aryl methyl sites for hydroxylation is 2. The third kappa shape index (κ3) is 1.80. The Morgan fingerprint density at radius 3 is 2.90 bits per heavy atom. The van der Waals surface area contributed by atoms with Crippen LogP contribution in [0.3, 0.4) is 0 Å². The molecule has 1 aromatic carbocycles. The lowest BCUT2D eigenvalue weighted by molar-refractivity contribution is 0.0949. The highest BCUT2D eigenvalue weighted by atomic mass is 79.9. The molecule has 4 nitrogen and oxygen atoms in total. The quantitative estimate of drug-likeness (QED) is 0.916. The molecule has 1 aliphatic heterocycles. The van der Waals surface area contributed by atoms with Crippen molar-refractivity contribution in [3.8, 4) is 0 Å². The molecule has 0 unspecified atom stereocenters. The number of aromatic nitrogens is 1. The van der Waals surface area contributed by atoms with Crippen LogP contribution in [0.4, 0.5) is 0 Å². The fourth-order valence-electron chi connectivity index (χ4n) is 2.85. The van der Waals surface area contributed by atoms with E-state index in [9.17, 15) is 9.59 Å². The number of nitrogens with one attached hydrogen (secondary N) is 1. The largest absolute Gasteiger partial charge is 0.349 e. The molecule has 4 rings (SSSR count). The first-order valence-electron chi connectivity index (χ1n) is 6.80. The van der Waals surface area contributed by atoms with Crippen LogP contribution in [-0.4, -0.2) is 16.5 Å². The Kier molecular flexibility index (Phi) is 2.54. The van der Waals surface area contributed by atoms with Gasteiger partial charge in [-0.1, -0.05) is 15.9 Å². The van der Waals surface area contributed by atoms with Crippen LogP contribution in [-0.2, 0) is 13.0 Å². The van der Waals surface area contributed by atoms with Crippen LogP contribution < -0.4 is 10.7 Å². The zero-order valence-corrected chi connectivity index (χ0v) is 12.4. The van der Waals surface area contributed by atoms with Crippen LogP contribution in [0.25, 0.3) is 10.9 Å². The summed E-state index contributed by atoms with van der Waals surface area (Å²) in [6, 6.07) is 4.13. The van der Waals surface area contributed by atoms with Crippen molar-refractivity contribution in [1.82, 2.24) is 9.88 Å². The summed E-state index contributed by atoms with van der Waals surface area (Å²) >= 11 is 3.44. The topological polar surface area (TPSA) is 51.1 Å². The number of amides is 1. The molecule has 0 bridgehead atoms. The summed E-state index contributed by atoms with van der Waals surface area (Å²) in [7, 11) is 0. The monoisotopic (exact) mass is 332 g/mol. The Bertz CT molecular complexity index is 806. The van der Waals surface area contributed by atoms with E-state index in [1.165, 1.54) is 5.56 Å². The van der Waals surface area contributed by atoms with Gasteiger partial charge in [-0.2, -0.15) is 0 Å². The van der Waals surface area contributed by atoms with Gasteiger partial charge in [-0.15, -0.1) is 0 Å². The molecule has 5 heteroatoms. The molecule has 0 radical (unpaired) electrons. The van der Waals surface area contributed by atoms with E-state index < -0.39 is 0 Å². The summed E-state index contributed by atoms with van der Waals surface area (Å²) in [6.07, 6.45) is 4.66. The number of carbonyl (C=O) groups is 1. The van der Waals surface area contributed by atoms with Crippen molar-refractivity contribution in [2.45, 2.75) is 31.8 Å². The number of hydrogen-bond donors (Lipinski definition) is 1. The molecule has 1 amide bonds. The smallest absolute Gasteiger partial charge is 0.256 e. The van der Waals surface area contributed by atoms with Gasteiger partial charge >= 0.3 is 0 Å². The molecule has 20 heavy (non-hydrogen) atoms. The zero-order valence-electron chi connectivity index (χ0n) is 10.8. The first-order valence-corrected chi connectivity index (χ1v) is 7.59. The maximum absolute atomic E-state index is 12.6. The summed E-state index contributed by atoms with van der Waals surface area (Å²) in [6.45, 7) is 0.826. The third-order valence-corrected chi connectivity index (χ3v) is 4.45. The molecule has 102 valence electrons. The molecule has 1 aliphatic carbocycles. The molecule has 0 atom stereocenters. The fourth-order valence-corrected chi connectivity index (χ4v) is 3.36. The van der Waals surface area contributed by atoms with Crippen molar-refractivity contribution in [2.75, 3.05) is 0 Å². The average Bonchev–Trinajstić information content (AvgIpc) is 3.13. The number of pyridine rings is 1. The van der Waals surface area contributed by atoms with Gasteiger partial charge < -0.3 is 9.88 Å².